The average molecular weight is 317 g/mol. The Morgan fingerprint density at radius 2 is 2.04 bits per heavy atom. The van der Waals surface area contributed by atoms with Gasteiger partial charge in [-0.05, 0) is 38.0 Å². The Morgan fingerprint density at radius 1 is 1.35 bits per heavy atom. The first-order valence-corrected chi connectivity index (χ1v) is 7.73. The van der Waals surface area contributed by atoms with E-state index in [-0.39, 0.29) is 30.4 Å². The molecule has 0 unspecified atom stereocenters. The van der Waals surface area contributed by atoms with Crippen LogP contribution in [0.3, 0.4) is 0 Å². The topological polar surface area (TPSA) is 58.4 Å². The Hall–Kier alpha value is -2.21. The molecular weight excluding hydrogens is 297 g/mol. The van der Waals surface area contributed by atoms with Crippen LogP contribution in [-0.2, 0) is 0 Å². The molecule has 1 aliphatic heterocycles. The summed E-state index contributed by atoms with van der Waals surface area (Å²) in [5, 5.41) is 9.98. The number of β-amino-alcohol motifs (C(OH)–C–C–N with tert-alkyl or cyclic N) is 1. The smallest absolute Gasteiger partial charge is 0.274 e. The van der Waals surface area contributed by atoms with E-state index in [0.717, 1.165) is 5.56 Å². The highest BCUT2D eigenvalue weighted by atomic mass is 19.1. The van der Waals surface area contributed by atoms with E-state index < -0.39 is 6.10 Å². The van der Waals surface area contributed by atoms with E-state index in [1.54, 1.807) is 29.6 Å². The van der Waals surface area contributed by atoms with E-state index in [4.69, 9.17) is 0 Å². The number of hydrogen-bond acceptors (Lipinski definition) is 3. The van der Waals surface area contributed by atoms with Gasteiger partial charge in [-0.25, -0.2) is 9.37 Å². The monoisotopic (exact) mass is 317 g/mol. The molecule has 2 atom stereocenters. The lowest BCUT2D eigenvalue weighted by atomic mass is 10.0. The van der Waals surface area contributed by atoms with Crippen LogP contribution in [-0.4, -0.2) is 38.1 Å². The first-order valence-electron chi connectivity index (χ1n) is 7.73. The third-order valence-electron chi connectivity index (χ3n) is 4.21. The Balaban J connectivity index is 1.86. The van der Waals surface area contributed by atoms with E-state index in [0.29, 0.717) is 12.1 Å². The van der Waals surface area contributed by atoms with Crippen molar-refractivity contribution < 1.29 is 14.3 Å². The minimum Gasteiger partial charge on any atom is -0.391 e. The fourth-order valence-corrected chi connectivity index (χ4v) is 2.92. The molecule has 2 heterocycles. The molecular formula is C17H20FN3O2. The number of carbonyl (C=O) groups is 1. The highest BCUT2D eigenvalue weighted by Crippen LogP contribution is 2.33. The highest BCUT2D eigenvalue weighted by Gasteiger charge is 2.36. The molecule has 1 fully saturated rings. The first kappa shape index (κ1) is 15.7. The van der Waals surface area contributed by atoms with Gasteiger partial charge >= 0.3 is 0 Å². The summed E-state index contributed by atoms with van der Waals surface area (Å²) in [5.41, 5.74) is 1.18. The Kier molecular flexibility index (Phi) is 4.17. The van der Waals surface area contributed by atoms with Crippen molar-refractivity contribution in [1.29, 1.82) is 0 Å². The van der Waals surface area contributed by atoms with Crippen molar-refractivity contribution in [2.75, 3.05) is 6.54 Å². The molecule has 1 aromatic carbocycles. The molecule has 1 amide bonds. The summed E-state index contributed by atoms with van der Waals surface area (Å²) in [5.74, 6) is -0.531. The summed E-state index contributed by atoms with van der Waals surface area (Å²) >= 11 is 0. The van der Waals surface area contributed by atoms with Crippen molar-refractivity contribution in [3.63, 3.8) is 0 Å². The van der Waals surface area contributed by atoms with Crippen molar-refractivity contribution in [3.8, 4) is 0 Å². The van der Waals surface area contributed by atoms with Gasteiger partial charge < -0.3 is 14.6 Å². The number of amides is 1. The van der Waals surface area contributed by atoms with Crippen molar-refractivity contribution >= 4 is 5.91 Å². The molecule has 122 valence electrons. The summed E-state index contributed by atoms with van der Waals surface area (Å²) in [6.45, 7) is 4.28. The van der Waals surface area contributed by atoms with E-state index in [1.807, 2.05) is 18.4 Å². The minimum atomic E-state index is -0.582. The largest absolute Gasteiger partial charge is 0.391 e. The number of aliphatic hydroxyl groups is 1. The molecule has 1 N–H and O–H groups in total. The van der Waals surface area contributed by atoms with E-state index in [1.165, 1.54) is 12.1 Å². The van der Waals surface area contributed by atoms with E-state index in [2.05, 4.69) is 4.98 Å². The van der Waals surface area contributed by atoms with Crippen LogP contribution in [0.1, 0.15) is 48.4 Å². The number of rotatable bonds is 3. The van der Waals surface area contributed by atoms with Crippen LogP contribution in [0, 0.1) is 5.82 Å². The van der Waals surface area contributed by atoms with Gasteiger partial charge in [0.1, 0.15) is 11.5 Å². The van der Waals surface area contributed by atoms with E-state index >= 15 is 0 Å². The Morgan fingerprint density at radius 3 is 2.65 bits per heavy atom. The Labute approximate surface area is 134 Å². The standard InChI is InChI=1S/C17H20FN3O2/c1-11(2)20-9-15(19-10-20)17(23)21-8-14(22)7-16(21)12-3-5-13(18)6-4-12/h3-6,9-11,14,16,22H,7-8H2,1-2H3/t14-,16-/m1/s1. The summed E-state index contributed by atoms with van der Waals surface area (Å²) in [7, 11) is 0. The second-order valence-electron chi connectivity index (χ2n) is 6.21. The van der Waals surface area contributed by atoms with Gasteiger partial charge in [0.05, 0.1) is 18.5 Å². The molecule has 0 bridgehead atoms. The van der Waals surface area contributed by atoms with Gasteiger partial charge in [-0.1, -0.05) is 12.1 Å². The lowest BCUT2D eigenvalue weighted by molar-refractivity contribution is 0.0710. The normalized spacial score (nSPS) is 21.2. The molecule has 0 spiro atoms. The van der Waals surface area contributed by atoms with E-state index in [9.17, 15) is 14.3 Å². The summed E-state index contributed by atoms with van der Waals surface area (Å²) in [4.78, 5) is 18.5. The van der Waals surface area contributed by atoms with Crippen LogP contribution in [0.2, 0.25) is 0 Å². The van der Waals surface area contributed by atoms with Crippen LogP contribution in [0.5, 0.6) is 0 Å². The quantitative estimate of drug-likeness (QED) is 0.946. The third-order valence-corrected chi connectivity index (χ3v) is 4.21. The maximum absolute atomic E-state index is 13.1. The molecule has 1 saturated heterocycles. The lowest BCUT2D eigenvalue weighted by Gasteiger charge is -2.24. The van der Waals surface area contributed by atoms with Crippen LogP contribution in [0.15, 0.2) is 36.8 Å². The summed E-state index contributed by atoms with van der Waals surface area (Å²) < 4.78 is 15.0. The van der Waals surface area contributed by atoms with Gasteiger partial charge in [0.2, 0.25) is 0 Å². The number of halogens is 1. The molecule has 0 saturated carbocycles. The predicted octanol–water partition coefficient (Wildman–Crippen LogP) is 2.55. The second-order valence-corrected chi connectivity index (χ2v) is 6.21. The summed E-state index contributed by atoms with van der Waals surface area (Å²) in [6, 6.07) is 6.02. The molecule has 2 aromatic rings. The predicted molar refractivity (Wildman–Crippen MR) is 83.4 cm³/mol. The second kappa shape index (κ2) is 6.12. The number of imidazole rings is 1. The van der Waals surface area contributed by atoms with Crippen molar-refractivity contribution in [2.24, 2.45) is 0 Å². The van der Waals surface area contributed by atoms with Crippen molar-refractivity contribution in [1.82, 2.24) is 14.5 Å². The number of carbonyl (C=O) groups excluding carboxylic acids is 1. The fourth-order valence-electron chi connectivity index (χ4n) is 2.92. The molecule has 1 aliphatic rings. The third kappa shape index (κ3) is 3.12. The highest BCUT2D eigenvalue weighted by molar-refractivity contribution is 5.92. The number of aromatic nitrogens is 2. The van der Waals surface area contributed by atoms with Crippen LogP contribution >= 0.6 is 0 Å². The molecule has 0 aliphatic carbocycles. The van der Waals surface area contributed by atoms with Gasteiger partial charge in [-0.3, -0.25) is 4.79 Å². The SMILES string of the molecule is CC(C)n1cnc(C(=O)N2C[C@H](O)C[C@@H]2c2ccc(F)cc2)c1. The average Bonchev–Trinajstić information content (AvgIpc) is 3.14. The molecule has 5 nitrogen and oxygen atoms in total. The van der Waals surface area contributed by atoms with Gasteiger partial charge in [-0.15, -0.1) is 0 Å². The molecule has 0 radical (unpaired) electrons. The first-order chi connectivity index (χ1) is 11.0. The minimum absolute atomic E-state index is 0.213. The van der Waals surface area contributed by atoms with Gasteiger partial charge in [0.25, 0.3) is 5.91 Å². The fraction of sp³-hybridized carbons (Fsp3) is 0.412. The summed E-state index contributed by atoms with van der Waals surface area (Å²) in [6.07, 6.45) is 3.22. The van der Waals surface area contributed by atoms with Crippen LogP contribution in [0.4, 0.5) is 4.39 Å². The Bertz CT molecular complexity index is 696. The zero-order valence-electron chi connectivity index (χ0n) is 13.2. The van der Waals surface area contributed by atoms with Crippen LogP contribution in [0.25, 0.3) is 0 Å². The molecule has 6 heteroatoms. The zero-order chi connectivity index (χ0) is 16.6. The number of aliphatic hydroxyl groups excluding tert-OH is 1. The molecule has 1 aromatic heterocycles. The molecule has 23 heavy (non-hydrogen) atoms. The molecule has 3 rings (SSSR count). The number of likely N-dealkylation sites (tertiary alicyclic amines) is 1. The van der Waals surface area contributed by atoms with Gasteiger partial charge in [0.15, 0.2) is 0 Å². The number of nitrogens with zero attached hydrogens (tertiary/aromatic N) is 3. The van der Waals surface area contributed by atoms with Gasteiger partial charge in [0, 0.05) is 18.8 Å². The van der Waals surface area contributed by atoms with Crippen molar-refractivity contribution in [2.45, 2.75) is 38.5 Å². The maximum Gasteiger partial charge on any atom is 0.274 e. The van der Waals surface area contributed by atoms with Gasteiger partial charge in [-0.2, -0.15) is 0 Å². The van der Waals surface area contributed by atoms with Crippen molar-refractivity contribution in [3.05, 3.63) is 53.9 Å². The zero-order valence-corrected chi connectivity index (χ0v) is 13.2. The lowest BCUT2D eigenvalue weighted by Crippen LogP contribution is -2.32. The number of hydrogen-bond donors (Lipinski definition) is 1. The number of benzene rings is 1. The van der Waals surface area contributed by atoms with Crippen LogP contribution < -0.4 is 0 Å². The maximum atomic E-state index is 13.1.